The number of pyridine rings is 1. The van der Waals surface area contributed by atoms with Crippen LogP contribution in [-0.2, 0) is 5.54 Å². The summed E-state index contributed by atoms with van der Waals surface area (Å²) in [5, 5.41) is 11.2. The van der Waals surface area contributed by atoms with Crippen LogP contribution in [0.1, 0.15) is 38.3 Å². The maximum absolute atomic E-state index is 15.4. The van der Waals surface area contributed by atoms with Crippen molar-refractivity contribution >= 4 is 33.5 Å². The van der Waals surface area contributed by atoms with Crippen molar-refractivity contribution in [2.45, 2.75) is 51.2 Å². The van der Waals surface area contributed by atoms with Gasteiger partial charge in [-0.3, -0.25) is 4.98 Å². The van der Waals surface area contributed by atoms with Crippen LogP contribution in [0.3, 0.4) is 0 Å². The van der Waals surface area contributed by atoms with Crippen molar-refractivity contribution in [1.82, 2.24) is 24.5 Å². The van der Waals surface area contributed by atoms with E-state index >= 15 is 4.39 Å². The van der Waals surface area contributed by atoms with Crippen LogP contribution < -0.4 is 4.74 Å². The van der Waals surface area contributed by atoms with E-state index in [1.54, 1.807) is 42.7 Å². The molecular formula is C28H25ClFN5O2. The standard InChI is InChI=1S/C28H25ClFN5O2/c1-16-7-10-31-27(34-16)37-18-3-4-19(22(29)11-18)20-12-21-24(13-23(20)30)32-14-25-26(21)35(15-33-25)28(2)8-5-17(36)6-9-28/h3-4,7,10-15,17,36H,5-6,8-9H2,1-2H3. The van der Waals surface area contributed by atoms with Crippen molar-refractivity contribution in [2.24, 2.45) is 0 Å². The molecular weight excluding hydrogens is 493 g/mol. The lowest BCUT2D eigenvalue weighted by Crippen LogP contribution is -2.35. The fraction of sp³-hybridized carbons (Fsp3) is 0.286. The lowest BCUT2D eigenvalue weighted by molar-refractivity contribution is 0.0776. The first kappa shape index (κ1) is 23.8. The zero-order chi connectivity index (χ0) is 25.7. The molecule has 1 aliphatic rings. The van der Waals surface area contributed by atoms with Crippen molar-refractivity contribution in [2.75, 3.05) is 0 Å². The molecule has 0 aliphatic heterocycles. The number of hydrogen-bond donors (Lipinski definition) is 1. The predicted molar refractivity (Wildman–Crippen MR) is 140 cm³/mol. The fourth-order valence-electron chi connectivity index (χ4n) is 5.15. The van der Waals surface area contributed by atoms with Gasteiger partial charge in [0.15, 0.2) is 0 Å². The molecule has 0 saturated heterocycles. The number of ether oxygens (including phenoxy) is 1. The Kier molecular flexibility index (Phi) is 5.81. The highest BCUT2D eigenvalue weighted by Crippen LogP contribution is 2.40. The van der Waals surface area contributed by atoms with Gasteiger partial charge in [-0.2, -0.15) is 0 Å². The quantitative estimate of drug-likeness (QED) is 0.289. The molecule has 9 heteroatoms. The van der Waals surface area contributed by atoms with E-state index in [-0.39, 0.29) is 17.7 Å². The van der Waals surface area contributed by atoms with Gasteiger partial charge >= 0.3 is 6.01 Å². The zero-order valence-corrected chi connectivity index (χ0v) is 21.2. The maximum Gasteiger partial charge on any atom is 0.322 e. The first-order chi connectivity index (χ1) is 17.8. The minimum Gasteiger partial charge on any atom is -0.424 e. The third kappa shape index (κ3) is 4.30. The summed E-state index contributed by atoms with van der Waals surface area (Å²) in [6.45, 7) is 4.03. The molecule has 0 amide bonds. The second-order valence-electron chi connectivity index (χ2n) is 9.91. The second-order valence-corrected chi connectivity index (χ2v) is 10.3. The van der Waals surface area contributed by atoms with Crippen LogP contribution in [0.2, 0.25) is 5.02 Å². The highest BCUT2D eigenvalue weighted by atomic mass is 35.5. The number of halogens is 2. The minimum absolute atomic E-state index is 0.203. The van der Waals surface area contributed by atoms with Crippen LogP contribution in [0.5, 0.6) is 11.8 Å². The summed E-state index contributed by atoms with van der Waals surface area (Å²) in [6.07, 6.45) is 7.99. The molecule has 3 aromatic heterocycles. The van der Waals surface area contributed by atoms with Crippen LogP contribution in [0, 0.1) is 12.7 Å². The summed E-state index contributed by atoms with van der Waals surface area (Å²) in [5.41, 5.74) is 3.66. The van der Waals surface area contributed by atoms with E-state index in [0.717, 1.165) is 47.8 Å². The number of rotatable bonds is 4. The molecule has 0 bridgehead atoms. The van der Waals surface area contributed by atoms with E-state index < -0.39 is 5.82 Å². The lowest BCUT2D eigenvalue weighted by atomic mass is 9.81. The monoisotopic (exact) mass is 517 g/mol. The Hall–Kier alpha value is -3.62. The van der Waals surface area contributed by atoms with E-state index in [9.17, 15) is 5.11 Å². The number of aliphatic hydroxyl groups excluding tert-OH is 1. The third-order valence-electron chi connectivity index (χ3n) is 7.29. The van der Waals surface area contributed by atoms with Gasteiger partial charge in [-0.15, -0.1) is 0 Å². The summed E-state index contributed by atoms with van der Waals surface area (Å²) in [7, 11) is 0. The van der Waals surface area contributed by atoms with Crippen molar-refractivity contribution in [3.63, 3.8) is 0 Å². The predicted octanol–water partition coefficient (Wildman–Crippen LogP) is 6.58. The van der Waals surface area contributed by atoms with E-state index in [4.69, 9.17) is 16.3 Å². The summed E-state index contributed by atoms with van der Waals surface area (Å²) >= 11 is 6.63. The van der Waals surface area contributed by atoms with Gasteiger partial charge in [0.05, 0.1) is 34.7 Å². The van der Waals surface area contributed by atoms with Gasteiger partial charge in [-0.05, 0) is 63.8 Å². The molecule has 6 rings (SSSR count). The molecule has 7 nitrogen and oxygen atoms in total. The van der Waals surface area contributed by atoms with E-state index in [1.165, 1.54) is 6.07 Å². The smallest absolute Gasteiger partial charge is 0.322 e. The highest BCUT2D eigenvalue weighted by molar-refractivity contribution is 6.33. The maximum atomic E-state index is 15.4. The molecule has 0 atom stereocenters. The molecule has 37 heavy (non-hydrogen) atoms. The van der Waals surface area contributed by atoms with E-state index in [0.29, 0.717) is 27.4 Å². The van der Waals surface area contributed by atoms with Crippen LogP contribution in [0.4, 0.5) is 4.39 Å². The van der Waals surface area contributed by atoms with Gasteiger partial charge < -0.3 is 14.4 Å². The molecule has 3 heterocycles. The topological polar surface area (TPSA) is 86.0 Å². The number of benzene rings is 2. The molecule has 1 N–H and O–H groups in total. The van der Waals surface area contributed by atoms with Crippen molar-refractivity contribution in [3.05, 3.63) is 71.7 Å². The Morgan fingerprint density at radius 1 is 1.05 bits per heavy atom. The normalized spacial score (nSPS) is 20.0. The van der Waals surface area contributed by atoms with E-state index in [2.05, 4.69) is 31.4 Å². The average molecular weight is 518 g/mol. The molecule has 1 fully saturated rings. The van der Waals surface area contributed by atoms with Crippen LogP contribution in [0.25, 0.3) is 33.1 Å². The van der Waals surface area contributed by atoms with Crippen LogP contribution in [0.15, 0.2) is 55.1 Å². The summed E-state index contributed by atoms with van der Waals surface area (Å²) in [6, 6.07) is 10.3. The molecule has 188 valence electrons. The Morgan fingerprint density at radius 3 is 2.62 bits per heavy atom. The molecule has 0 spiro atoms. The van der Waals surface area contributed by atoms with Crippen molar-refractivity contribution in [1.29, 1.82) is 0 Å². The molecule has 1 aliphatic carbocycles. The molecule has 1 saturated carbocycles. The first-order valence-corrected chi connectivity index (χ1v) is 12.6. The Balaban J connectivity index is 1.44. The molecule has 0 unspecified atom stereocenters. The number of imidazole rings is 1. The van der Waals surface area contributed by atoms with Gasteiger partial charge in [-0.25, -0.2) is 19.3 Å². The molecule has 0 radical (unpaired) electrons. The molecule has 2 aromatic carbocycles. The Bertz CT molecular complexity index is 1650. The summed E-state index contributed by atoms with van der Waals surface area (Å²) in [4.78, 5) is 17.4. The molecule has 5 aromatic rings. The zero-order valence-electron chi connectivity index (χ0n) is 20.4. The van der Waals surface area contributed by atoms with Crippen LogP contribution >= 0.6 is 11.6 Å². The Morgan fingerprint density at radius 2 is 1.86 bits per heavy atom. The Labute approximate surface area is 217 Å². The number of fused-ring (bicyclic) bond motifs is 3. The number of aliphatic hydroxyl groups is 1. The first-order valence-electron chi connectivity index (χ1n) is 12.2. The minimum atomic E-state index is -0.421. The number of hydrogen-bond acceptors (Lipinski definition) is 6. The summed E-state index contributed by atoms with van der Waals surface area (Å²) < 4.78 is 23.3. The van der Waals surface area contributed by atoms with E-state index in [1.807, 2.05) is 13.3 Å². The second kappa shape index (κ2) is 9.04. The largest absolute Gasteiger partial charge is 0.424 e. The van der Waals surface area contributed by atoms with Crippen molar-refractivity contribution in [3.8, 4) is 22.9 Å². The lowest BCUT2D eigenvalue weighted by Gasteiger charge is -2.37. The average Bonchev–Trinajstić information content (AvgIpc) is 3.32. The van der Waals surface area contributed by atoms with Gasteiger partial charge in [0.2, 0.25) is 0 Å². The highest BCUT2D eigenvalue weighted by Gasteiger charge is 2.33. The van der Waals surface area contributed by atoms with Crippen LogP contribution in [-0.4, -0.2) is 35.7 Å². The third-order valence-corrected chi connectivity index (χ3v) is 7.60. The number of nitrogens with zero attached hydrogens (tertiary/aromatic N) is 5. The van der Waals surface area contributed by atoms with Crippen molar-refractivity contribution < 1.29 is 14.2 Å². The van der Waals surface area contributed by atoms with Gasteiger partial charge in [0.1, 0.15) is 17.1 Å². The summed E-state index contributed by atoms with van der Waals surface area (Å²) in [5.74, 6) is 0.0325. The SMILES string of the molecule is Cc1ccnc(Oc2ccc(-c3cc4c(cc3F)ncc3ncn(C5(C)CCC(O)CC5)c34)c(Cl)c2)n1. The fourth-order valence-corrected chi connectivity index (χ4v) is 5.43. The van der Waals surface area contributed by atoms with Gasteiger partial charge in [-0.1, -0.05) is 11.6 Å². The number of aryl methyl sites for hydroxylation is 1. The number of aromatic nitrogens is 5. The van der Waals surface area contributed by atoms with Gasteiger partial charge in [0, 0.05) is 46.1 Å². The van der Waals surface area contributed by atoms with Gasteiger partial charge in [0.25, 0.3) is 0 Å².